The summed E-state index contributed by atoms with van der Waals surface area (Å²) in [6.07, 6.45) is 1.90. The Labute approximate surface area is 263 Å². The maximum absolute atomic E-state index is 13.3. The van der Waals surface area contributed by atoms with Gasteiger partial charge in [-0.15, -0.1) is 0 Å². The van der Waals surface area contributed by atoms with Gasteiger partial charge in [-0.25, -0.2) is 27.7 Å². The maximum Gasteiger partial charge on any atom is 0.407 e. The van der Waals surface area contributed by atoms with Gasteiger partial charge < -0.3 is 25.2 Å². The molecule has 1 unspecified atom stereocenters. The molecule has 0 radical (unpaired) electrons. The molecule has 240 valence electrons. The molecule has 2 aliphatic rings. The van der Waals surface area contributed by atoms with Gasteiger partial charge in [0, 0.05) is 23.7 Å². The van der Waals surface area contributed by atoms with Crippen molar-refractivity contribution in [3.05, 3.63) is 65.2 Å². The quantitative estimate of drug-likeness (QED) is 0.232. The lowest BCUT2D eigenvalue weighted by Crippen LogP contribution is -2.63. The van der Waals surface area contributed by atoms with Gasteiger partial charge in [0.25, 0.3) is 10.0 Å². The van der Waals surface area contributed by atoms with Crippen molar-refractivity contribution in [2.45, 2.75) is 76.4 Å². The van der Waals surface area contributed by atoms with E-state index in [1.807, 2.05) is 32.0 Å². The summed E-state index contributed by atoms with van der Waals surface area (Å²) in [6.45, 7) is 10.9. The minimum Gasteiger partial charge on any atom is -0.478 e. The molecule has 2 heterocycles. The molecule has 45 heavy (non-hydrogen) atoms. The first kappa shape index (κ1) is 32.2. The highest BCUT2D eigenvalue weighted by Crippen LogP contribution is 2.37. The fraction of sp³-hybridized carbons (Fsp3) is 0.438. The highest BCUT2D eigenvalue weighted by molar-refractivity contribution is 7.92. The second kappa shape index (κ2) is 12.3. The summed E-state index contributed by atoms with van der Waals surface area (Å²) in [6, 6.07) is 12.7. The van der Waals surface area contributed by atoms with E-state index in [4.69, 9.17) is 9.47 Å². The molecule has 1 spiro atoms. The van der Waals surface area contributed by atoms with E-state index >= 15 is 0 Å². The van der Waals surface area contributed by atoms with Crippen molar-refractivity contribution in [2.75, 3.05) is 17.9 Å². The number of carboxylic acids is 1. The molecule has 3 aromatic rings. The normalized spacial score (nSPS) is 20.2. The summed E-state index contributed by atoms with van der Waals surface area (Å²) in [7, 11) is -4.23. The SMILES string of the molecule is Cc1cccc(C)c1-c1cc(OCC(CC(C)(C)C)NC2CC3(COC(=O)N3)C2)nc(NS(=O)(=O)c2cccc(C(=O)O)c2)n1. The van der Waals surface area contributed by atoms with Gasteiger partial charge >= 0.3 is 12.1 Å². The minimum absolute atomic E-state index is 0.0203. The van der Waals surface area contributed by atoms with E-state index in [1.165, 1.54) is 18.2 Å². The number of amides is 1. The third kappa shape index (κ3) is 7.71. The van der Waals surface area contributed by atoms with E-state index in [-0.39, 0.29) is 58.0 Å². The molecule has 1 amide bonds. The first-order valence-electron chi connectivity index (χ1n) is 14.8. The molecule has 12 nitrogen and oxygen atoms in total. The molecule has 2 fully saturated rings. The average molecular weight is 638 g/mol. The Morgan fingerprint density at radius 3 is 2.44 bits per heavy atom. The summed E-state index contributed by atoms with van der Waals surface area (Å²) >= 11 is 0. The number of hydrogen-bond donors (Lipinski definition) is 4. The van der Waals surface area contributed by atoms with E-state index in [1.54, 1.807) is 6.07 Å². The van der Waals surface area contributed by atoms with Gasteiger partial charge in [0.15, 0.2) is 0 Å². The standard InChI is InChI=1S/C32H39N5O7S/c1-19-8-6-9-20(2)27(19)25-13-26(35-29(34-25)37-45(41,42)24-11-7-10-21(12-24)28(38)39)43-17-23(14-31(3,4)5)33-22-15-32(16-22)18-44-30(40)36-32/h6-13,22-23,33H,14-18H2,1-5H3,(H,36,40)(H,38,39)(H,34,35,37). The second-order valence-electron chi connectivity index (χ2n) is 13.1. The van der Waals surface area contributed by atoms with E-state index in [9.17, 15) is 23.1 Å². The molecular weight excluding hydrogens is 598 g/mol. The molecule has 1 aliphatic heterocycles. The van der Waals surface area contributed by atoms with E-state index in [0.717, 1.165) is 42.0 Å². The van der Waals surface area contributed by atoms with E-state index < -0.39 is 16.0 Å². The third-order valence-corrected chi connectivity index (χ3v) is 9.27. The fourth-order valence-corrected chi connectivity index (χ4v) is 6.99. The Kier molecular flexibility index (Phi) is 8.78. The van der Waals surface area contributed by atoms with Crippen LogP contribution < -0.4 is 20.1 Å². The topological polar surface area (TPSA) is 169 Å². The number of nitrogens with zero attached hydrogens (tertiary/aromatic N) is 2. The Hall–Kier alpha value is -4.23. The van der Waals surface area contributed by atoms with Crippen LogP contribution in [-0.4, -0.2) is 66.4 Å². The van der Waals surface area contributed by atoms with Crippen LogP contribution in [0.5, 0.6) is 5.88 Å². The number of aromatic carboxylic acids is 1. The summed E-state index contributed by atoms with van der Waals surface area (Å²) in [4.78, 5) is 31.7. The van der Waals surface area contributed by atoms with Gasteiger partial charge in [-0.05, 0) is 67.9 Å². The van der Waals surface area contributed by atoms with Gasteiger partial charge in [0.1, 0.15) is 13.2 Å². The van der Waals surface area contributed by atoms with Crippen LogP contribution in [0.4, 0.5) is 10.7 Å². The van der Waals surface area contributed by atoms with Gasteiger partial charge in [-0.3, -0.25) is 0 Å². The van der Waals surface area contributed by atoms with Crippen molar-refractivity contribution in [3.63, 3.8) is 0 Å². The highest BCUT2D eigenvalue weighted by atomic mass is 32.2. The molecule has 0 bridgehead atoms. The molecule has 5 rings (SSSR count). The lowest BCUT2D eigenvalue weighted by molar-refractivity contribution is 0.0696. The van der Waals surface area contributed by atoms with Crippen LogP contribution in [0.25, 0.3) is 11.3 Å². The number of rotatable bonds is 11. The number of alkyl carbamates (subject to hydrolysis) is 1. The van der Waals surface area contributed by atoms with Crippen LogP contribution >= 0.6 is 0 Å². The summed E-state index contributed by atoms with van der Waals surface area (Å²) < 4.78 is 40.4. The number of carbonyl (C=O) groups excluding carboxylic acids is 1. The van der Waals surface area contributed by atoms with Crippen LogP contribution in [0.15, 0.2) is 53.4 Å². The van der Waals surface area contributed by atoms with Crippen molar-refractivity contribution >= 4 is 28.0 Å². The van der Waals surface area contributed by atoms with Gasteiger partial charge in [-0.1, -0.05) is 45.0 Å². The van der Waals surface area contributed by atoms with E-state index in [0.29, 0.717) is 12.3 Å². The predicted molar refractivity (Wildman–Crippen MR) is 168 cm³/mol. The smallest absolute Gasteiger partial charge is 0.407 e. The number of sulfonamides is 1. The molecule has 1 aromatic heterocycles. The lowest BCUT2D eigenvalue weighted by atomic mass is 9.73. The maximum atomic E-state index is 13.3. The Bertz CT molecular complexity index is 1690. The molecule has 13 heteroatoms. The molecule has 1 aliphatic carbocycles. The highest BCUT2D eigenvalue weighted by Gasteiger charge is 2.50. The first-order valence-corrected chi connectivity index (χ1v) is 16.3. The van der Waals surface area contributed by atoms with Crippen molar-refractivity contribution < 1.29 is 32.6 Å². The molecule has 2 aromatic carbocycles. The first-order chi connectivity index (χ1) is 21.1. The van der Waals surface area contributed by atoms with Crippen LogP contribution in [0.3, 0.4) is 0 Å². The van der Waals surface area contributed by atoms with Crippen molar-refractivity contribution in [3.8, 4) is 17.1 Å². The zero-order chi connectivity index (χ0) is 32.6. The van der Waals surface area contributed by atoms with Crippen molar-refractivity contribution in [1.29, 1.82) is 0 Å². The van der Waals surface area contributed by atoms with Gasteiger partial charge in [-0.2, -0.15) is 4.98 Å². The Morgan fingerprint density at radius 1 is 1.13 bits per heavy atom. The van der Waals surface area contributed by atoms with Crippen molar-refractivity contribution in [1.82, 2.24) is 20.6 Å². The minimum atomic E-state index is -4.23. The summed E-state index contributed by atoms with van der Waals surface area (Å²) in [5.41, 5.74) is 2.69. The predicted octanol–water partition coefficient (Wildman–Crippen LogP) is 4.67. The fourth-order valence-electron chi connectivity index (χ4n) is 6.00. The number of ether oxygens (including phenoxy) is 2. The van der Waals surface area contributed by atoms with E-state index in [2.05, 4.69) is 46.1 Å². The largest absolute Gasteiger partial charge is 0.478 e. The van der Waals surface area contributed by atoms with Gasteiger partial charge in [0.2, 0.25) is 11.8 Å². The van der Waals surface area contributed by atoms with Gasteiger partial charge in [0.05, 0.1) is 21.7 Å². The number of anilines is 1. The number of carboxylic acid groups (broad SMARTS) is 1. The van der Waals surface area contributed by atoms with Crippen LogP contribution in [0.1, 0.15) is 61.5 Å². The molecule has 1 atom stereocenters. The lowest BCUT2D eigenvalue weighted by Gasteiger charge is -2.45. The molecular formula is C32H39N5O7S. The third-order valence-electron chi connectivity index (χ3n) is 7.94. The molecule has 4 N–H and O–H groups in total. The number of carbonyl (C=O) groups is 2. The average Bonchev–Trinajstić information content (AvgIpc) is 3.32. The summed E-state index contributed by atoms with van der Waals surface area (Å²) in [5.74, 6) is -1.26. The monoisotopic (exact) mass is 637 g/mol. The number of nitrogens with one attached hydrogen (secondary N) is 3. The van der Waals surface area contributed by atoms with Crippen LogP contribution in [0, 0.1) is 19.3 Å². The van der Waals surface area contributed by atoms with Crippen molar-refractivity contribution in [2.24, 2.45) is 5.41 Å². The number of hydrogen-bond acceptors (Lipinski definition) is 9. The molecule has 1 saturated carbocycles. The van der Waals surface area contributed by atoms with Crippen LogP contribution in [0.2, 0.25) is 0 Å². The Morgan fingerprint density at radius 2 is 1.82 bits per heavy atom. The molecule has 1 saturated heterocycles. The zero-order valence-corrected chi connectivity index (χ0v) is 26.8. The second-order valence-corrected chi connectivity index (χ2v) is 14.8. The Balaban J connectivity index is 1.41. The summed E-state index contributed by atoms with van der Waals surface area (Å²) in [5, 5.41) is 15.9. The number of aromatic nitrogens is 2. The number of benzene rings is 2. The van der Waals surface area contributed by atoms with Crippen LogP contribution in [-0.2, 0) is 14.8 Å². The number of cyclic esters (lactones) is 1. The zero-order valence-electron chi connectivity index (χ0n) is 26.0. The number of aryl methyl sites for hydroxylation is 2.